The highest BCUT2D eigenvalue weighted by Crippen LogP contribution is 2.28. The van der Waals surface area contributed by atoms with Crippen molar-refractivity contribution in [1.82, 2.24) is 15.1 Å². The number of nitrogens with zero attached hydrogens (tertiary/aromatic N) is 4. The normalized spacial score (nSPS) is 22.1. The average Bonchev–Trinajstić information content (AvgIpc) is 3.30. The molecule has 3 heterocycles. The van der Waals surface area contributed by atoms with Crippen LogP contribution in [0.3, 0.4) is 0 Å². The second-order valence-corrected chi connectivity index (χ2v) is 7.45. The topological polar surface area (TPSA) is 32.3 Å². The van der Waals surface area contributed by atoms with E-state index in [0.29, 0.717) is 6.04 Å². The largest absolute Gasteiger partial charge is 0.345 e. The number of likely N-dealkylation sites (tertiary alicyclic amines) is 1. The fourth-order valence-corrected chi connectivity index (χ4v) is 4.45. The zero-order chi connectivity index (χ0) is 15.6. The highest BCUT2D eigenvalue weighted by Gasteiger charge is 2.30. The van der Waals surface area contributed by atoms with Crippen LogP contribution in [0.5, 0.6) is 0 Å². The molecule has 2 aliphatic heterocycles. The monoisotopic (exact) mass is 332 g/mol. The number of hydrogen-bond donors (Lipinski definition) is 0. The molecule has 1 unspecified atom stereocenters. The van der Waals surface area contributed by atoms with Crippen LogP contribution in [0.2, 0.25) is 0 Å². The van der Waals surface area contributed by atoms with E-state index in [1.165, 1.54) is 44.5 Å². The van der Waals surface area contributed by atoms with Gasteiger partial charge in [-0.15, -0.1) is 10.2 Å². The second kappa shape index (κ2) is 6.53. The number of hydrogen-bond acceptors (Lipinski definition) is 5. The zero-order valence-electron chi connectivity index (χ0n) is 13.1. The van der Waals surface area contributed by atoms with E-state index in [0.717, 1.165) is 35.2 Å². The molecule has 2 saturated heterocycles. The molecule has 2 aromatic rings. The lowest BCUT2D eigenvalue weighted by Gasteiger charge is -2.23. The molecule has 0 saturated carbocycles. The van der Waals surface area contributed by atoms with E-state index in [2.05, 4.69) is 20.0 Å². The van der Waals surface area contributed by atoms with Crippen molar-refractivity contribution in [3.05, 3.63) is 40.7 Å². The van der Waals surface area contributed by atoms with Gasteiger partial charge >= 0.3 is 0 Å². The van der Waals surface area contributed by atoms with Crippen LogP contribution in [0.1, 0.15) is 29.8 Å². The number of benzene rings is 1. The van der Waals surface area contributed by atoms with Crippen molar-refractivity contribution in [3.8, 4) is 0 Å². The Balaban J connectivity index is 1.39. The lowest BCUT2D eigenvalue weighted by molar-refractivity contribution is 0.260. The average molecular weight is 332 g/mol. The summed E-state index contributed by atoms with van der Waals surface area (Å²) in [6.07, 6.45) is 4.64. The first-order chi connectivity index (χ1) is 11.3. The fraction of sp³-hybridized carbons (Fsp3) is 0.529. The highest BCUT2D eigenvalue weighted by atomic mass is 32.1. The van der Waals surface area contributed by atoms with Crippen molar-refractivity contribution in [3.63, 3.8) is 0 Å². The smallest absolute Gasteiger partial charge is 0.208 e. The van der Waals surface area contributed by atoms with Crippen LogP contribution in [-0.2, 0) is 6.42 Å². The molecule has 1 aromatic heterocycles. The predicted molar refractivity (Wildman–Crippen MR) is 90.5 cm³/mol. The minimum atomic E-state index is -0.197. The summed E-state index contributed by atoms with van der Waals surface area (Å²) in [5.41, 5.74) is 1.07. The first-order valence-corrected chi connectivity index (χ1v) is 9.15. The molecule has 0 N–H and O–H groups in total. The molecule has 23 heavy (non-hydrogen) atoms. The van der Waals surface area contributed by atoms with Crippen LogP contribution in [0.4, 0.5) is 9.52 Å². The van der Waals surface area contributed by atoms with Gasteiger partial charge in [0.15, 0.2) is 0 Å². The van der Waals surface area contributed by atoms with Crippen LogP contribution in [0.25, 0.3) is 0 Å². The van der Waals surface area contributed by atoms with Crippen LogP contribution in [0, 0.1) is 5.82 Å². The van der Waals surface area contributed by atoms with E-state index in [1.54, 1.807) is 11.3 Å². The molecule has 1 aromatic carbocycles. The van der Waals surface area contributed by atoms with Crippen molar-refractivity contribution in [2.24, 2.45) is 0 Å². The molecule has 0 radical (unpaired) electrons. The van der Waals surface area contributed by atoms with Crippen molar-refractivity contribution < 1.29 is 4.39 Å². The van der Waals surface area contributed by atoms with Gasteiger partial charge in [0.1, 0.15) is 10.8 Å². The van der Waals surface area contributed by atoms with Crippen LogP contribution in [0.15, 0.2) is 24.3 Å². The third-order valence-electron chi connectivity index (χ3n) is 4.82. The van der Waals surface area contributed by atoms with Crippen LogP contribution >= 0.6 is 11.3 Å². The maximum atomic E-state index is 13.0. The molecule has 2 aliphatic rings. The number of aromatic nitrogens is 2. The van der Waals surface area contributed by atoms with Gasteiger partial charge in [0.2, 0.25) is 5.13 Å². The standard InChI is InChI=1S/C17H21FN4S/c18-14-5-3-13(4-6-14)11-16-19-20-17(23-16)22-10-7-15(12-22)21-8-1-2-9-21/h3-6,15H,1-2,7-12H2. The first-order valence-electron chi connectivity index (χ1n) is 8.34. The van der Waals surface area contributed by atoms with Crippen LogP contribution in [-0.4, -0.2) is 47.3 Å². The molecular weight excluding hydrogens is 311 g/mol. The van der Waals surface area contributed by atoms with E-state index in [4.69, 9.17) is 0 Å². The Morgan fingerprint density at radius 3 is 2.65 bits per heavy atom. The molecule has 122 valence electrons. The predicted octanol–water partition coefficient (Wildman–Crippen LogP) is 2.94. The Morgan fingerprint density at radius 1 is 1.09 bits per heavy atom. The van der Waals surface area contributed by atoms with Gasteiger partial charge in [0, 0.05) is 25.6 Å². The van der Waals surface area contributed by atoms with E-state index < -0.39 is 0 Å². The second-order valence-electron chi connectivity index (χ2n) is 6.41. The van der Waals surface area contributed by atoms with Gasteiger partial charge in [0.05, 0.1) is 0 Å². The van der Waals surface area contributed by atoms with Gasteiger partial charge in [0.25, 0.3) is 0 Å². The first kappa shape index (κ1) is 15.0. The van der Waals surface area contributed by atoms with Gasteiger partial charge in [-0.25, -0.2) is 4.39 Å². The summed E-state index contributed by atoms with van der Waals surface area (Å²) in [6.45, 7) is 4.66. The van der Waals surface area contributed by atoms with Gasteiger partial charge in [-0.2, -0.15) is 0 Å². The Hall–Kier alpha value is -1.53. The van der Waals surface area contributed by atoms with Gasteiger partial charge in [-0.3, -0.25) is 4.90 Å². The lowest BCUT2D eigenvalue weighted by atomic mass is 10.2. The minimum Gasteiger partial charge on any atom is -0.345 e. The molecule has 6 heteroatoms. The summed E-state index contributed by atoms with van der Waals surface area (Å²) in [6, 6.07) is 7.31. The fourth-order valence-electron chi connectivity index (χ4n) is 3.54. The molecule has 2 fully saturated rings. The third-order valence-corrected chi connectivity index (χ3v) is 5.80. The number of rotatable bonds is 4. The Bertz CT molecular complexity index is 651. The maximum absolute atomic E-state index is 13.0. The van der Waals surface area contributed by atoms with Crippen molar-refractivity contribution in [2.75, 3.05) is 31.1 Å². The molecule has 1 atom stereocenters. The van der Waals surface area contributed by atoms with Crippen LogP contribution < -0.4 is 4.90 Å². The molecule has 4 rings (SSSR count). The molecule has 4 nitrogen and oxygen atoms in total. The molecule has 0 bridgehead atoms. The Labute approximate surface area is 139 Å². The Kier molecular flexibility index (Phi) is 4.27. The highest BCUT2D eigenvalue weighted by molar-refractivity contribution is 7.15. The lowest BCUT2D eigenvalue weighted by Crippen LogP contribution is -2.35. The molecular formula is C17H21FN4S. The minimum absolute atomic E-state index is 0.197. The molecule has 0 spiro atoms. The van der Waals surface area contributed by atoms with Gasteiger partial charge in [-0.05, 0) is 50.0 Å². The summed E-state index contributed by atoms with van der Waals surface area (Å²) in [7, 11) is 0. The van der Waals surface area contributed by atoms with E-state index in [-0.39, 0.29) is 5.82 Å². The number of anilines is 1. The summed E-state index contributed by atoms with van der Waals surface area (Å²) >= 11 is 1.67. The van der Waals surface area contributed by atoms with E-state index >= 15 is 0 Å². The Morgan fingerprint density at radius 2 is 1.87 bits per heavy atom. The summed E-state index contributed by atoms with van der Waals surface area (Å²) in [4.78, 5) is 5.00. The van der Waals surface area contributed by atoms with Crippen molar-refractivity contribution >= 4 is 16.5 Å². The molecule has 0 aliphatic carbocycles. The van der Waals surface area contributed by atoms with Crippen molar-refractivity contribution in [1.29, 1.82) is 0 Å². The van der Waals surface area contributed by atoms with Gasteiger partial charge < -0.3 is 4.90 Å². The van der Waals surface area contributed by atoms with E-state index in [9.17, 15) is 4.39 Å². The SMILES string of the molecule is Fc1ccc(Cc2nnc(N3CCC(N4CCCC4)C3)s2)cc1. The zero-order valence-corrected chi connectivity index (χ0v) is 13.9. The quantitative estimate of drug-likeness (QED) is 0.862. The maximum Gasteiger partial charge on any atom is 0.208 e. The number of halogens is 1. The summed E-state index contributed by atoms with van der Waals surface area (Å²) in [5, 5.41) is 10.7. The summed E-state index contributed by atoms with van der Waals surface area (Å²) < 4.78 is 13.0. The molecule has 0 amide bonds. The summed E-state index contributed by atoms with van der Waals surface area (Å²) in [5.74, 6) is -0.197. The third kappa shape index (κ3) is 3.38. The van der Waals surface area contributed by atoms with Crippen molar-refractivity contribution in [2.45, 2.75) is 31.7 Å². The van der Waals surface area contributed by atoms with E-state index in [1.807, 2.05) is 12.1 Å². The van der Waals surface area contributed by atoms with Gasteiger partial charge in [-0.1, -0.05) is 23.5 Å².